The van der Waals surface area contributed by atoms with Gasteiger partial charge in [0.25, 0.3) is 5.91 Å². The molecule has 6 nitrogen and oxygen atoms in total. The van der Waals surface area contributed by atoms with Crippen LogP contribution in [0.25, 0.3) is 22.2 Å². The number of nitrogens with zero attached hydrogens (tertiary/aromatic N) is 2. The maximum Gasteiger partial charge on any atom is 0.272 e. The third kappa shape index (κ3) is 4.48. The number of halogens is 1. The molecule has 0 bridgehead atoms. The van der Waals surface area contributed by atoms with Crippen LogP contribution in [0.15, 0.2) is 76.3 Å². The Morgan fingerprint density at radius 1 is 1.12 bits per heavy atom. The van der Waals surface area contributed by atoms with Gasteiger partial charge in [-0.25, -0.2) is 10.4 Å². The minimum atomic E-state index is -0.346. The van der Waals surface area contributed by atoms with Gasteiger partial charge in [-0.15, -0.1) is 0 Å². The normalized spacial score (nSPS) is 11.1. The van der Waals surface area contributed by atoms with E-state index in [0.717, 1.165) is 22.0 Å². The number of aromatic nitrogens is 1. The first-order valence-electron chi connectivity index (χ1n) is 9.83. The number of ether oxygens (including phenoxy) is 1. The average Bonchev–Trinajstić information content (AvgIpc) is 2.81. The summed E-state index contributed by atoms with van der Waals surface area (Å²) in [5.41, 5.74) is 7.13. The van der Waals surface area contributed by atoms with Crippen molar-refractivity contribution < 1.29 is 14.6 Å². The molecule has 0 spiro atoms. The summed E-state index contributed by atoms with van der Waals surface area (Å²) in [6, 6.07) is 20.6. The molecule has 0 saturated carbocycles. The van der Waals surface area contributed by atoms with Crippen LogP contribution < -0.4 is 10.2 Å². The highest BCUT2D eigenvalue weighted by Gasteiger charge is 2.14. The van der Waals surface area contributed by atoms with Crippen molar-refractivity contribution in [2.45, 2.75) is 6.92 Å². The molecule has 2 N–H and O–H groups in total. The molecule has 0 unspecified atom stereocenters. The lowest BCUT2D eigenvalue weighted by atomic mass is 10.0. The molecule has 1 amide bonds. The molecule has 3 aromatic carbocycles. The van der Waals surface area contributed by atoms with Gasteiger partial charge in [-0.1, -0.05) is 42.0 Å². The first-order chi connectivity index (χ1) is 15.5. The van der Waals surface area contributed by atoms with Crippen LogP contribution >= 0.6 is 15.9 Å². The molecule has 0 aliphatic rings. The predicted octanol–water partition coefficient (Wildman–Crippen LogP) is 5.45. The van der Waals surface area contributed by atoms with Gasteiger partial charge < -0.3 is 9.84 Å². The number of phenolic OH excluding ortho intramolecular Hbond substituents is 1. The first-order valence-corrected chi connectivity index (χ1v) is 10.6. The Balaban J connectivity index is 1.68. The molecule has 4 aromatic rings. The van der Waals surface area contributed by atoms with Crippen LogP contribution in [-0.2, 0) is 0 Å². The first kappa shape index (κ1) is 21.5. The van der Waals surface area contributed by atoms with Crippen LogP contribution in [0.4, 0.5) is 0 Å². The fourth-order valence-electron chi connectivity index (χ4n) is 3.33. The number of nitrogens with one attached hydrogen (secondary N) is 1. The lowest BCUT2D eigenvalue weighted by Gasteiger charge is -2.10. The van der Waals surface area contributed by atoms with E-state index in [-0.39, 0.29) is 11.7 Å². The van der Waals surface area contributed by atoms with Gasteiger partial charge in [0, 0.05) is 10.9 Å². The van der Waals surface area contributed by atoms with Crippen molar-refractivity contribution in [3.63, 3.8) is 0 Å². The van der Waals surface area contributed by atoms with Gasteiger partial charge in [0.1, 0.15) is 0 Å². The Hall–Kier alpha value is -3.71. The van der Waals surface area contributed by atoms with Crippen molar-refractivity contribution in [2.24, 2.45) is 5.10 Å². The number of aryl methyl sites for hydroxylation is 1. The highest BCUT2D eigenvalue weighted by Crippen LogP contribution is 2.34. The molecule has 32 heavy (non-hydrogen) atoms. The van der Waals surface area contributed by atoms with Crippen molar-refractivity contribution in [1.82, 2.24) is 10.4 Å². The maximum atomic E-state index is 13.1. The number of hydrogen-bond donors (Lipinski definition) is 2. The minimum Gasteiger partial charge on any atom is -0.503 e. The summed E-state index contributed by atoms with van der Waals surface area (Å²) in [7, 11) is 1.46. The van der Waals surface area contributed by atoms with E-state index in [2.05, 4.69) is 26.5 Å². The van der Waals surface area contributed by atoms with Crippen LogP contribution in [0.2, 0.25) is 0 Å². The Bertz CT molecular complexity index is 1340. The number of benzene rings is 3. The highest BCUT2D eigenvalue weighted by atomic mass is 79.9. The summed E-state index contributed by atoms with van der Waals surface area (Å²) in [6.07, 6.45) is 1.48. The molecule has 7 heteroatoms. The van der Waals surface area contributed by atoms with E-state index in [0.29, 0.717) is 27.0 Å². The van der Waals surface area contributed by atoms with Crippen LogP contribution in [-0.4, -0.2) is 29.3 Å². The SMILES string of the molecule is COc1cc(/C=N/NC(=O)c2cc(-c3ccccc3)nc3ccc(C)cc23)cc(Br)c1O. The van der Waals surface area contributed by atoms with Crippen molar-refractivity contribution in [1.29, 1.82) is 0 Å². The van der Waals surface area contributed by atoms with Gasteiger partial charge in [0.05, 0.1) is 34.6 Å². The molecule has 1 aromatic heterocycles. The zero-order chi connectivity index (χ0) is 22.7. The Kier molecular flexibility index (Phi) is 6.18. The number of phenols is 1. The molecule has 4 rings (SSSR count). The maximum absolute atomic E-state index is 13.1. The van der Waals surface area contributed by atoms with Gasteiger partial charge >= 0.3 is 0 Å². The van der Waals surface area contributed by atoms with Crippen molar-refractivity contribution >= 4 is 39.0 Å². The van der Waals surface area contributed by atoms with Gasteiger partial charge in [-0.3, -0.25) is 4.79 Å². The quantitative estimate of drug-likeness (QED) is 0.288. The molecule has 1 heterocycles. The second-order valence-corrected chi connectivity index (χ2v) is 8.05. The van der Waals surface area contributed by atoms with Crippen molar-refractivity contribution in [3.8, 4) is 22.8 Å². The molecular weight excluding hydrogens is 470 g/mol. The number of hydrogen-bond acceptors (Lipinski definition) is 5. The Morgan fingerprint density at radius 3 is 2.66 bits per heavy atom. The van der Waals surface area contributed by atoms with Crippen LogP contribution in [0.3, 0.4) is 0 Å². The molecule has 0 fully saturated rings. The van der Waals surface area contributed by atoms with Crippen LogP contribution in [0, 0.1) is 6.92 Å². The molecule has 160 valence electrons. The zero-order valence-electron chi connectivity index (χ0n) is 17.5. The molecule has 0 aliphatic carbocycles. The number of amides is 1. The Morgan fingerprint density at radius 2 is 1.91 bits per heavy atom. The third-order valence-corrected chi connectivity index (χ3v) is 5.53. The summed E-state index contributed by atoms with van der Waals surface area (Å²) < 4.78 is 5.61. The topological polar surface area (TPSA) is 83.8 Å². The van der Waals surface area contributed by atoms with E-state index >= 15 is 0 Å². The lowest BCUT2D eigenvalue weighted by molar-refractivity contribution is 0.0956. The van der Waals surface area contributed by atoms with E-state index in [9.17, 15) is 9.90 Å². The predicted molar refractivity (Wildman–Crippen MR) is 129 cm³/mol. The summed E-state index contributed by atoms with van der Waals surface area (Å²) in [4.78, 5) is 17.8. The summed E-state index contributed by atoms with van der Waals surface area (Å²) in [6.45, 7) is 1.97. The number of carbonyl (C=O) groups excluding carboxylic acids is 1. The summed E-state index contributed by atoms with van der Waals surface area (Å²) in [5.74, 6) is -0.0442. The fraction of sp³-hybridized carbons (Fsp3) is 0.0800. The summed E-state index contributed by atoms with van der Waals surface area (Å²) >= 11 is 3.27. The Labute approximate surface area is 193 Å². The number of rotatable bonds is 5. The van der Waals surface area contributed by atoms with Gasteiger partial charge in [0.2, 0.25) is 0 Å². The van der Waals surface area contributed by atoms with E-state index in [4.69, 9.17) is 9.72 Å². The largest absolute Gasteiger partial charge is 0.503 e. The average molecular weight is 490 g/mol. The number of pyridine rings is 1. The summed E-state index contributed by atoms with van der Waals surface area (Å²) in [5, 5.41) is 14.8. The number of fused-ring (bicyclic) bond motifs is 1. The highest BCUT2D eigenvalue weighted by molar-refractivity contribution is 9.10. The minimum absolute atomic E-state index is 0.000696. The lowest BCUT2D eigenvalue weighted by Crippen LogP contribution is -2.18. The van der Waals surface area contributed by atoms with Crippen molar-refractivity contribution in [2.75, 3.05) is 7.11 Å². The standard InChI is InChI=1S/C25H20BrN3O3/c1-15-8-9-21-18(10-15)19(13-22(28-21)17-6-4-3-5-7-17)25(31)29-27-14-16-11-20(26)24(30)23(12-16)32-2/h3-14,30H,1-2H3,(H,29,31)/b27-14+. The zero-order valence-corrected chi connectivity index (χ0v) is 19.1. The molecule has 0 radical (unpaired) electrons. The van der Waals surface area contributed by atoms with E-state index < -0.39 is 0 Å². The van der Waals surface area contributed by atoms with Gasteiger partial charge in [-0.2, -0.15) is 5.10 Å². The second kappa shape index (κ2) is 9.20. The second-order valence-electron chi connectivity index (χ2n) is 7.19. The molecule has 0 atom stereocenters. The monoisotopic (exact) mass is 489 g/mol. The van der Waals surface area contributed by atoms with Gasteiger partial charge in [0.15, 0.2) is 11.5 Å². The molecular formula is C25H20BrN3O3. The van der Waals surface area contributed by atoms with Crippen molar-refractivity contribution in [3.05, 3.63) is 87.9 Å². The molecule has 0 saturated heterocycles. The van der Waals surface area contributed by atoms with Crippen LogP contribution in [0.5, 0.6) is 11.5 Å². The number of methoxy groups -OCH3 is 1. The number of hydrazone groups is 1. The van der Waals surface area contributed by atoms with Crippen LogP contribution in [0.1, 0.15) is 21.5 Å². The van der Waals surface area contributed by atoms with E-state index in [1.54, 1.807) is 18.2 Å². The smallest absolute Gasteiger partial charge is 0.272 e. The van der Waals surface area contributed by atoms with Gasteiger partial charge in [-0.05, 0) is 58.7 Å². The third-order valence-electron chi connectivity index (χ3n) is 4.93. The number of carbonyl (C=O) groups is 1. The number of aromatic hydroxyl groups is 1. The molecule has 0 aliphatic heterocycles. The van der Waals surface area contributed by atoms with E-state index in [1.165, 1.54) is 13.3 Å². The fourth-order valence-corrected chi connectivity index (χ4v) is 3.79. The van der Waals surface area contributed by atoms with E-state index in [1.807, 2.05) is 55.5 Å².